The normalized spacial score (nSPS) is 0. The summed E-state index contributed by atoms with van der Waals surface area (Å²) in [6.07, 6.45) is 0. The fourth-order valence-corrected chi connectivity index (χ4v) is 0. The molecule has 0 heterocycles. The van der Waals surface area contributed by atoms with Crippen LogP contribution in [0.15, 0.2) is 0 Å². The molecule has 0 amide bonds. The monoisotopic (exact) mass is 1300 g/mol. The van der Waals surface area contributed by atoms with E-state index in [1.54, 1.807) is 0 Å². The van der Waals surface area contributed by atoms with Gasteiger partial charge in [-0.25, -0.2) is 0 Å². The first-order valence-corrected chi connectivity index (χ1v) is 0. The smallest absolute Gasteiger partial charge is 0 e. The first-order chi connectivity index (χ1) is 0. The van der Waals surface area contributed by atoms with Crippen molar-refractivity contribution in [2.75, 3.05) is 0 Å². The standard InChI is InChI=1S/5CH4.6FH.6W/h5*1H4;6*1H;;;;;;. The summed E-state index contributed by atoms with van der Waals surface area (Å²) in [5.41, 5.74) is 0. The van der Waals surface area contributed by atoms with E-state index in [0.29, 0.717) is 0 Å². The van der Waals surface area contributed by atoms with Gasteiger partial charge in [-0.3, -0.25) is 28.2 Å². The molecule has 0 aliphatic carbocycles. The van der Waals surface area contributed by atoms with Crippen molar-refractivity contribution in [2.45, 2.75) is 37.1 Å². The molecule has 0 saturated heterocycles. The van der Waals surface area contributed by atoms with E-state index in [0.717, 1.165) is 0 Å². The van der Waals surface area contributed by atoms with Crippen LogP contribution in [0.3, 0.4) is 0 Å². The van der Waals surface area contributed by atoms with Gasteiger partial charge in [0.2, 0.25) is 0 Å². The van der Waals surface area contributed by atoms with E-state index in [1.165, 1.54) is 0 Å². The summed E-state index contributed by atoms with van der Waals surface area (Å²) in [6.45, 7) is 0. The molecule has 0 N–H and O–H groups in total. The molecular weight excluding hydrogens is 1280 g/mol. The Morgan fingerprint density at radius 2 is 0.176 bits per heavy atom. The molecule has 0 atom stereocenters. The van der Waals surface area contributed by atoms with Crippen LogP contribution in [0.5, 0.6) is 0 Å². The molecule has 0 aromatic rings. The molecule has 0 spiro atoms. The third-order valence-electron chi connectivity index (χ3n) is 0. The van der Waals surface area contributed by atoms with Crippen LogP contribution < -0.4 is 0 Å². The van der Waals surface area contributed by atoms with Gasteiger partial charge < -0.3 is 0 Å². The maximum atomic E-state index is 0. The van der Waals surface area contributed by atoms with Crippen LogP contribution in [-0.4, -0.2) is 0 Å². The molecule has 0 fully saturated rings. The van der Waals surface area contributed by atoms with Gasteiger partial charge in [-0.15, -0.1) is 0 Å². The third-order valence-corrected chi connectivity index (χ3v) is 0. The second kappa shape index (κ2) is 501. The second-order valence-electron chi connectivity index (χ2n) is 0. The molecule has 0 rings (SSSR count). The van der Waals surface area contributed by atoms with E-state index in [1.807, 2.05) is 0 Å². The quantitative estimate of drug-likeness (QED) is 0.322. The van der Waals surface area contributed by atoms with Gasteiger partial charge in [-0.05, 0) is 0 Å². The summed E-state index contributed by atoms with van der Waals surface area (Å²) in [5.74, 6) is 0. The third kappa shape index (κ3) is 449. The van der Waals surface area contributed by atoms with Crippen LogP contribution in [0.4, 0.5) is 28.2 Å². The molecule has 12 heteroatoms. The predicted molar refractivity (Wildman–Crippen MR) is 48.7 cm³/mol. The Bertz CT molecular complexity index is 26.9. The largest absolute Gasteiger partial charge is 0.269 e. The van der Waals surface area contributed by atoms with E-state index in [9.17, 15) is 0 Å². The van der Waals surface area contributed by atoms with E-state index in [-0.39, 0.29) is 192 Å². The van der Waals surface area contributed by atoms with E-state index < -0.39 is 0 Å². The molecule has 0 aromatic heterocycles. The van der Waals surface area contributed by atoms with E-state index in [4.69, 9.17) is 0 Å². The van der Waals surface area contributed by atoms with Crippen LogP contribution in [0.2, 0.25) is 0 Å². The van der Waals surface area contributed by atoms with E-state index in [2.05, 4.69) is 0 Å². The average molecular weight is 1300 g/mol. The van der Waals surface area contributed by atoms with Crippen molar-refractivity contribution < 1.29 is 155 Å². The van der Waals surface area contributed by atoms with Crippen LogP contribution in [0.1, 0.15) is 37.1 Å². The van der Waals surface area contributed by atoms with Crippen molar-refractivity contribution >= 4 is 0 Å². The predicted octanol–water partition coefficient (Wildman–Crippen LogP) is 4.08. The fourth-order valence-electron chi connectivity index (χ4n) is 0. The Kier molecular flexibility index (Phi) is 17200. The zero-order valence-electron chi connectivity index (χ0n) is 4.90. The maximum Gasteiger partial charge on any atom is 0 e. The summed E-state index contributed by atoms with van der Waals surface area (Å²) in [7, 11) is 0. The summed E-state index contributed by atoms with van der Waals surface area (Å²) >= 11 is 0. The maximum absolute atomic E-state index is 0. The molecule has 0 saturated carbocycles. The van der Waals surface area contributed by atoms with Crippen molar-refractivity contribution in [1.29, 1.82) is 0 Å². The Labute approximate surface area is 189 Å². The number of rotatable bonds is 0. The minimum absolute atomic E-state index is 0. The molecule has 0 unspecified atom stereocenters. The number of hydrogen-bond donors (Lipinski definition) is 0. The molecule has 124 valence electrons. The van der Waals surface area contributed by atoms with E-state index >= 15 is 0 Å². The number of hydrogen-bond acceptors (Lipinski definition) is 0. The minimum Gasteiger partial charge on any atom is -0.269 e. The van der Waals surface area contributed by atoms with Crippen molar-refractivity contribution in [3.63, 3.8) is 0 Å². The van der Waals surface area contributed by atoms with Crippen LogP contribution in [0.25, 0.3) is 0 Å². The topological polar surface area (TPSA) is 0 Å². The van der Waals surface area contributed by atoms with Gasteiger partial charge in [0.05, 0.1) is 0 Å². The number of halogens is 6. The Balaban J connectivity index is 0. The van der Waals surface area contributed by atoms with Gasteiger partial charge in [0.15, 0.2) is 0 Å². The molecule has 0 aliphatic rings. The van der Waals surface area contributed by atoms with Crippen molar-refractivity contribution in [3.05, 3.63) is 0 Å². The van der Waals surface area contributed by atoms with Crippen molar-refractivity contribution in [2.24, 2.45) is 0 Å². The molecule has 0 bridgehead atoms. The first kappa shape index (κ1) is 585. The minimum atomic E-state index is 0. The van der Waals surface area contributed by atoms with Crippen LogP contribution in [-0.2, 0) is 126 Å². The average Bonchev–Trinajstić information content (AvgIpc) is 0. The second-order valence-corrected chi connectivity index (χ2v) is 0. The Morgan fingerprint density at radius 3 is 0.176 bits per heavy atom. The van der Waals surface area contributed by atoms with Crippen molar-refractivity contribution in [1.82, 2.24) is 0 Å². The first-order valence-electron chi connectivity index (χ1n) is 0. The Morgan fingerprint density at radius 1 is 0.176 bits per heavy atom. The molecule has 0 aromatic carbocycles. The summed E-state index contributed by atoms with van der Waals surface area (Å²) in [4.78, 5) is 0. The summed E-state index contributed by atoms with van der Waals surface area (Å²) in [6, 6.07) is 0. The van der Waals surface area contributed by atoms with Gasteiger partial charge in [-0.1, -0.05) is 37.1 Å². The van der Waals surface area contributed by atoms with Crippen molar-refractivity contribution in [3.8, 4) is 0 Å². The molecule has 17 heavy (non-hydrogen) atoms. The summed E-state index contributed by atoms with van der Waals surface area (Å²) < 4.78 is 0. The SMILES string of the molecule is C.C.C.C.C.F.F.F.F.F.F.[W].[W].[W].[W].[W].[W]. The fraction of sp³-hybridized carbons (Fsp3) is 1.00. The van der Waals surface area contributed by atoms with Crippen LogP contribution >= 0.6 is 0 Å². The Hall–Kier alpha value is 3.71. The molecule has 0 aliphatic heterocycles. The molecule has 0 nitrogen and oxygen atoms in total. The van der Waals surface area contributed by atoms with Gasteiger partial charge >= 0.3 is 0 Å². The van der Waals surface area contributed by atoms with Gasteiger partial charge in [0, 0.05) is 126 Å². The van der Waals surface area contributed by atoms with Gasteiger partial charge in [0.25, 0.3) is 0 Å². The zero-order chi connectivity index (χ0) is 0. The van der Waals surface area contributed by atoms with Gasteiger partial charge in [0.1, 0.15) is 0 Å². The summed E-state index contributed by atoms with van der Waals surface area (Å²) in [5, 5.41) is 0. The van der Waals surface area contributed by atoms with Gasteiger partial charge in [-0.2, -0.15) is 0 Å². The zero-order valence-corrected chi connectivity index (χ0v) is 22.5. The molecular formula is C5H26F6W6. The molecule has 0 radical (unpaired) electrons. The van der Waals surface area contributed by atoms with Crippen LogP contribution in [0, 0.1) is 0 Å².